The summed E-state index contributed by atoms with van der Waals surface area (Å²) in [5, 5.41) is 0. The van der Waals surface area contributed by atoms with Crippen LogP contribution in [0, 0.1) is 17.8 Å². The number of rotatable bonds is 4. The minimum Gasteiger partial charge on any atom is -0.378 e. The normalized spacial score (nSPS) is 39.5. The van der Waals surface area contributed by atoms with Gasteiger partial charge in [0.05, 0.1) is 6.10 Å². The smallest absolute Gasteiger partial charge is 0.0590 e. The van der Waals surface area contributed by atoms with Crippen molar-refractivity contribution in [3.05, 3.63) is 0 Å². The molecule has 2 rings (SSSR count). The topological polar surface area (TPSA) is 47.3 Å². The maximum atomic E-state index is 5.86. The summed E-state index contributed by atoms with van der Waals surface area (Å²) in [7, 11) is 0. The molecule has 4 unspecified atom stereocenters. The molecule has 1 heterocycles. The molecule has 4 atom stereocenters. The van der Waals surface area contributed by atoms with E-state index in [-0.39, 0.29) is 0 Å². The first-order valence-corrected chi connectivity index (χ1v) is 7.76. The van der Waals surface area contributed by atoms with Crippen LogP contribution >= 0.6 is 0 Å². The average molecular weight is 254 g/mol. The molecule has 1 aliphatic carbocycles. The lowest BCUT2D eigenvalue weighted by Gasteiger charge is -2.38. The maximum absolute atomic E-state index is 5.86. The predicted octanol–water partition coefficient (Wildman–Crippen LogP) is 2.85. The van der Waals surface area contributed by atoms with Gasteiger partial charge in [-0.1, -0.05) is 13.8 Å². The Hall–Kier alpha value is -0.120. The molecule has 1 saturated heterocycles. The van der Waals surface area contributed by atoms with Crippen LogP contribution in [0.4, 0.5) is 0 Å². The summed E-state index contributed by atoms with van der Waals surface area (Å²) in [5.74, 6) is 8.24. The van der Waals surface area contributed by atoms with Gasteiger partial charge in [0.15, 0.2) is 0 Å². The number of hydrogen-bond donors (Lipinski definition) is 2. The summed E-state index contributed by atoms with van der Waals surface area (Å²) in [6, 6.07) is 0.443. The Morgan fingerprint density at radius 1 is 1.17 bits per heavy atom. The molecular weight excluding hydrogens is 224 g/mol. The highest BCUT2D eigenvalue weighted by molar-refractivity contribution is 4.85. The molecule has 1 saturated carbocycles. The van der Waals surface area contributed by atoms with Crippen LogP contribution < -0.4 is 11.3 Å². The molecule has 3 nitrogen and oxygen atoms in total. The largest absolute Gasteiger partial charge is 0.378 e. The Morgan fingerprint density at radius 3 is 2.44 bits per heavy atom. The summed E-state index contributed by atoms with van der Waals surface area (Å²) in [6.07, 6.45) is 9.34. The van der Waals surface area contributed by atoms with Gasteiger partial charge >= 0.3 is 0 Å². The first-order chi connectivity index (χ1) is 8.69. The average Bonchev–Trinajstić information content (AvgIpc) is 2.36. The summed E-state index contributed by atoms with van der Waals surface area (Å²) in [4.78, 5) is 0. The summed E-state index contributed by atoms with van der Waals surface area (Å²) in [5.41, 5.74) is 3.08. The van der Waals surface area contributed by atoms with Crippen molar-refractivity contribution < 1.29 is 4.74 Å². The van der Waals surface area contributed by atoms with Crippen LogP contribution in [0.25, 0.3) is 0 Å². The van der Waals surface area contributed by atoms with Gasteiger partial charge in [0.2, 0.25) is 0 Å². The Morgan fingerprint density at radius 2 is 1.89 bits per heavy atom. The van der Waals surface area contributed by atoms with Crippen molar-refractivity contribution in [2.24, 2.45) is 23.6 Å². The fraction of sp³-hybridized carbons (Fsp3) is 1.00. The zero-order valence-corrected chi connectivity index (χ0v) is 12.0. The molecule has 2 aliphatic rings. The van der Waals surface area contributed by atoms with Crippen LogP contribution in [0.15, 0.2) is 0 Å². The molecule has 0 amide bonds. The van der Waals surface area contributed by atoms with Crippen LogP contribution in [0.3, 0.4) is 0 Å². The Labute approximate surface area is 112 Å². The molecule has 0 spiro atoms. The van der Waals surface area contributed by atoms with Gasteiger partial charge in [-0.2, -0.15) is 0 Å². The third-order valence-corrected chi connectivity index (χ3v) is 4.79. The minimum absolute atomic E-state index is 0.437. The van der Waals surface area contributed by atoms with E-state index in [9.17, 15) is 0 Å². The Balaban J connectivity index is 1.86. The first kappa shape index (κ1) is 14.3. The molecule has 106 valence electrons. The van der Waals surface area contributed by atoms with E-state index in [1.165, 1.54) is 38.5 Å². The van der Waals surface area contributed by atoms with Crippen LogP contribution in [0.1, 0.15) is 58.8 Å². The molecule has 0 aromatic carbocycles. The van der Waals surface area contributed by atoms with Gasteiger partial charge in [0.25, 0.3) is 0 Å². The molecule has 3 N–H and O–H groups in total. The Bertz CT molecular complexity index is 231. The van der Waals surface area contributed by atoms with Crippen LogP contribution in [0.2, 0.25) is 0 Å². The Kier molecular flexibility index (Phi) is 5.46. The third-order valence-electron chi connectivity index (χ3n) is 4.79. The first-order valence-electron chi connectivity index (χ1n) is 7.76. The number of hydrogen-bond acceptors (Lipinski definition) is 3. The molecule has 0 aromatic heterocycles. The van der Waals surface area contributed by atoms with Gasteiger partial charge in [-0.3, -0.25) is 11.3 Å². The van der Waals surface area contributed by atoms with Crippen LogP contribution in [0.5, 0.6) is 0 Å². The van der Waals surface area contributed by atoms with Crippen LogP contribution in [-0.4, -0.2) is 18.8 Å². The lowest BCUT2D eigenvalue weighted by molar-refractivity contribution is -0.00265. The van der Waals surface area contributed by atoms with E-state index in [0.717, 1.165) is 30.8 Å². The second-order valence-electron chi connectivity index (χ2n) is 6.67. The molecule has 0 radical (unpaired) electrons. The standard InChI is InChI=1S/C15H30N2O/c1-11-7-12(2)9-13(8-11)15(17-16)10-14-5-3-4-6-18-14/h11-15,17H,3-10,16H2,1-2H3. The summed E-state index contributed by atoms with van der Waals surface area (Å²) < 4.78 is 5.86. The van der Waals surface area contributed by atoms with Crippen molar-refractivity contribution >= 4 is 0 Å². The summed E-state index contributed by atoms with van der Waals surface area (Å²) in [6.45, 7) is 5.71. The van der Waals surface area contributed by atoms with Crippen molar-refractivity contribution in [2.45, 2.75) is 70.9 Å². The number of ether oxygens (including phenoxy) is 1. The second-order valence-corrected chi connectivity index (χ2v) is 6.67. The maximum Gasteiger partial charge on any atom is 0.0590 e. The molecule has 3 heteroatoms. The van der Waals surface area contributed by atoms with Crippen molar-refractivity contribution in [1.29, 1.82) is 0 Å². The van der Waals surface area contributed by atoms with Gasteiger partial charge < -0.3 is 4.74 Å². The van der Waals surface area contributed by atoms with E-state index >= 15 is 0 Å². The van der Waals surface area contributed by atoms with Gasteiger partial charge in [-0.15, -0.1) is 0 Å². The lowest BCUT2D eigenvalue weighted by Crippen LogP contribution is -2.46. The van der Waals surface area contributed by atoms with E-state index < -0.39 is 0 Å². The number of nitrogens with two attached hydrogens (primary N) is 1. The highest BCUT2D eigenvalue weighted by Gasteiger charge is 2.31. The molecule has 2 fully saturated rings. The zero-order chi connectivity index (χ0) is 13.0. The summed E-state index contributed by atoms with van der Waals surface area (Å²) >= 11 is 0. The van der Waals surface area contributed by atoms with E-state index in [4.69, 9.17) is 10.6 Å². The van der Waals surface area contributed by atoms with E-state index in [1.54, 1.807) is 0 Å². The molecule has 18 heavy (non-hydrogen) atoms. The third kappa shape index (κ3) is 3.94. The predicted molar refractivity (Wildman–Crippen MR) is 75.0 cm³/mol. The fourth-order valence-corrected chi connectivity index (χ4v) is 4.01. The van der Waals surface area contributed by atoms with Gasteiger partial charge in [0.1, 0.15) is 0 Å². The SMILES string of the molecule is CC1CC(C)CC(C(CC2CCCCO2)NN)C1. The van der Waals surface area contributed by atoms with Crippen LogP contribution in [-0.2, 0) is 4.74 Å². The second kappa shape index (κ2) is 6.88. The number of hydrazine groups is 1. The highest BCUT2D eigenvalue weighted by Crippen LogP contribution is 2.36. The molecule has 0 aromatic rings. The van der Waals surface area contributed by atoms with Crippen molar-refractivity contribution in [2.75, 3.05) is 6.61 Å². The molecular formula is C15H30N2O. The van der Waals surface area contributed by atoms with Crippen molar-refractivity contribution in [3.8, 4) is 0 Å². The van der Waals surface area contributed by atoms with Gasteiger partial charge in [-0.05, 0) is 62.7 Å². The van der Waals surface area contributed by atoms with E-state index in [0.29, 0.717) is 12.1 Å². The van der Waals surface area contributed by atoms with Crippen molar-refractivity contribution in [1.82, 2.24) is 5.43 Å². The van der Waals surface area contributed by atoms with Gasteiger partial charge in [0, 0.05) is 12.6 Å². The van der Waals surface area contributed by atoms with Crippen molar-refractivity contribution in [3.63, 3.8) is 0 Å². The lowest BCUT2D eigenvalue weighted by atomic mass is 9.73. The van der Waals surface area contributed by atoms with E-state index in [2.05, 4.69) is 19.3 Å². The molecule has 1 aliphatic heterocycles. The monoisotopic (exact) mass is 254 g/mol. The highest BCUT2D eigenvalue weighted by atomic mass is 16.5. The molecule has 0 bridgehead atoms. The van der Waals surface area contributed by atoms with E-state index in [1.807, 2.05) is 0 Å². The quantitative estimate of drug-likeness (QED) is 0.599. The van der Waals surface area contributed by atoms with Gasteiger partial charge in [-0.25, -0.2) is 0 Å². The number of nitrogens with one attached hydrogen (secondary N) is 1. The minimum atomic E-state index is 0.437. The zero-order valence-electron chi connectivity index (χ0n) is 12.0. The fourth-order valence-electron chi connectivity index (χ4n) is 4.01.